The molecule has 0 radical (unpaired) electrons. The van der Waals surface area contributed by atoms with Gasteiger partial charge in [0, 0.05) is 27.4 Å². The molecule has 4 aliphatic rings. The zero-order valence-corrected chi connectivity index (χ0v) is 32.8. The van der Waals surface area contributed by atoms with Crippen LogP contribution in [-0.2, 0) is 27.1 Å². The number of rotatable bonds is 1. The summed E-state index contributed by atoms with van der Waals surface area (Å²) in [5.74, 6) is -0.388. The number of hydrogen-bond donors (Lipinski definition) is 0. The van der Waals surface area contributed by atoms with Gasteiger partial charge in [-0.2, -0.15) is 0 Å². The molecule has 9 rings (SSSR count). The van der Waals surface area contributed by atoms with Gasteiger partial charge in [0.25, 0.3) is 0 Å². The summed E-state index contributed by atoms with van der Waals surface area (Å²) in [7, 11) is 0. The van der Waals surface area contributed by atoms with Crippen molar-refractivity contribution in [2.45, 2.75) is 110 Å². The molecule has 262 valence electrons. The second kappa shape index (κ2) is 9.81. The van der Waals surface area contributed by atoms with Gasteiger partial charge in [0.1, 0.15) is 0 Å². The monoisotopic (exact) mass is 683 g/mol. The lowest BCUT2D eigenvalue weighted by atomic mass is 9.59. The van der Waals surface area contributed by atoms with Crippen molar-refractivity contribution in [1.29, 1.82) is 0 Å². The fourth-order valence-electron chi connectivity index (χ4n) is 9.70. The topological polar surface area (TPSA) is 37.4 Å². The van der Waals surface area contributed by atoms with Crippen LogP contribution in [0.25, 0.3) is 16.8 Å². The standard InChI is InChI=1S/C49H49NO2/c1-45(2,3)28-22-35-40-36(23-28)48(9,10)37-24-29(46(4,5)6)25-38-41(37)50(40)42-34(47(35,7)8)21-27-19-26(17-18-30(27)39(42)49(38,11)12)20-33-43(51)31-15-13-14-16-32(31)44(33)52/h13-25H,1-12H3. The van der Waals surface area contributed by atoms with Crippen molar-refractivity contribution in [3.63, 3.8) is 0 Å². The minimum Gasteiger partial charge on any atom is -0.309 e. The lowest BCUT2D eigenvalue weighted by Gasteiger charge is -2.56. The summed E-state index contributed by atoms with van der Waals surface area (Å²) in [4.78, 5) is 29.4. The van der Waals surface area contributed by atoms with Crippen molar-refractivity contribution < 1.29 is 9.59 Å². The summed E-state index contributed by atoms with van der Waals surface area (Å²) in [6.07, 6.45) is 1.80. The van der Waals surface area contributed by atoms with Crippen LogP contribution in [0.4, 0.5) is 17.1 Å². The second-order valence-electron chi connectivity index (χ2n) is 19.4. The fourth-order valence-corrected chi connectivity index (χ4v) is 9.70. The number of fused-ring (bicyclic) bond motifs is 3. The van der Waals surface area contributed by atoms with Gasteiger partial charge < -0.3 is 4.90 Å². The highest BCUT2D eigenvalue weighted by Crippen LogP contribution is 2.67. The SMILES string of the molecule is CC(C)(C)c1cc2c3c(c1)C(C)(C)c1cc4cc(C=C5C(=O)c6ccccc6C5=O)ccc4c4c1N3c1c(cc(C(C)(C)C)cc1C4(C)C)C2(C)C. The Morgan fingerprint density at radius 2 is 0.981 bits per heavy atom. The fraction of sp³-hybridized carbons (Fsp3) is 0.347. The van der Waals surface area contributed by atoms with Crippen molar-refractivity contribution in [3.05, 3.63) is 140 Å². The van der Waals surface area contributed by atoms with E-state index in [4.69, 9.17) is 0 Å². The Bertz CT molecular complexity index is 2480. The maximum Gasteiger partial charge on any atom is 0.197 e. The lowest BCUT2D eigenvalue weighted by Crippen LogP contribution is -2.44. The zero-order valence-electron chi connectivity index (χ0n) is 32.8. The van der Waals surface area contributed by atoms with Crippen LogP contribution in [0.2, 0.25) is 0 Å². The molecule has 0 N–H and O–H groups in total. The number of ketones is 2. The van der Waals surface area contributed by atoms with Gasteiger partial charge in [0.2, 0.25) is 0 Å². The summed E-state index contributed by atoms with van der Waals surface area (Å²) in [6.45, 7) is 28.5. The maximum absolute atomic E-state index is 13.4. The van der Waals surface area contributed by atoms with E-state index in [0.717, 1.165) is 10.9 Å². The van der Waals surface area contributed by atoms with E-state index in [1.165, 1.54) is 67.0 Å². The summed E-state index contributed by atoms with van der Waals surface area (Å²) in [6, 6.07) is 26.1. The molecule has 1 aliphatic carbocycles. The van der Waals surface area contributed by atoms with Crippen LogP contribution >= 0.6 is 0 Å². The lowest BCUT2D eigenvalue weighted by molar-refractivity contribution is 0.0990. The average Bonchev–Trinajstić information content (AvgIpc) is 3.30. The molecule has 0 fully saturated rings. The molecular formula is C49H49NO2. The van der Waals surface area contributed by atoms with E-state index >= 15 is 0 Å². The molecule has 0 saturated heterocycles. The molecule has 52 heavy (non-hydrogen) atoms. The number of carbonyl (C=O) groups is 2. The molecule has 3 nitrogen and oxygen atoms in total. The van der Waals surface area contributed by atoms with Gasteiger partial charge in [-0.15, -0.1) is 0 Å². The Morgan fingerprint density at radius 1 is 0.538 bits per heavy atom. The smallest absolute Gasteiger partial charge is 0.197 e. The Morgan fingerprint density at radius 3 is 1.44 bits per heavy atom. The molecule has 3 heteroatoms. The van der Waals surface area contributed by atoms with E-state index in [1.807, 2.05) is 12.1 Å². The summed E-state index contributed by atoms with van der Waals surface area (Å²) >= 11 is 0. The van der Waals surface area contributed by atoms with Crippen molar-refractivity contribution in [3.8, 4) is 0 Å². The molecule has 3 heterocycles. The predicted octanol–water partition coefficient (Wildman–Crippen LogP) is 12.3. The minimum atomic E-state index is -0.309. The highest BCUT2D eigenvalue weighted by Gasteiger charge is 2.53. The van der Waals surface area contributed by atoms with Crippen molar-refractivity contribution >= 4 is 45.5 Å². The van der Waals surface area contributed by atoms with Gasteiger partial charge >= 0.3 is 0 Å². The Kier molecular flexibility index (Phi) is 6.24. The maximum atomic E-state index is 13.4. The number of nitrogens with zero attached hydrogens (tertiary/aromatic N) is 1. The van der Waals surface area contributed by atoms with E-state index in [-0.39, 0.29) is 44.2 Å². The van der Waals surface area contributed by atoms with Gasteiger partial charge in [0.15, 0.2) is 11.6 Å². The largest absolute Gasteiger partial charge is 0.309 e. The zero-order chi connectivity index (χ0) is 37.2. The van der Waals surface area contributed by atoms with E-state index in [9.17, 15) is 9.59 Å². The first-order chi connectivity index (χ1) is 24.1. The van der Waals surface area contributed by atoms with Crippen LogP contribution in [0, 0.1) is 0 Å². The van der Waals surface area contributed by atoms with E-state index in [2.05, 4.69) is 137 Å². The number of Topliss-reactive ketones (excluding diaryl/α,β-unsaturated/α-hetero) is 2. The van der Waals surface area contributed by atoms with Gasteiger partial charge in [-0.05, 0) is 89.9 Å². The van der Waals surface area contributed by atoms with Gasteiger partial charge in [-0.25, -0.2) is 0 Å². The van der Waals surface area contributed by atoms with Crippen LogP contribution in [0.15, 0.2) is 78.4 Å². The minimum absolute atomic E-state index is 0.0216. The summed E-state index contributed by atoms with van der Waals surface area (Å²) in [5, 5.41) is 2.34. The number of anilines is 3. The first-order valence-corrected chi connectivity index (χ1v) is 18.9. The second-order valence-corrected chi connectivity index (χ2v) is 19.4. The molecule has 0 unspecified atom stereocenters. The first kappa shape index (κ1) is 33.1. The van der Waals surface area contributed by atoms with Crippen molar-refractivity contribution in [2.75, 3.05) is 4.90 Å². The molecule has 0 bridgehead atoms. The molecule has 5 aromatic carbocycles. The first-order valence-electron chi connectivity index (χ1n) is 18.9. The van der Waals surface area contributed by atoms with Crippen LogP contribution in [0.5, 0.6) is 0 Å². The van der Waals surface area contributed by atoms with Crippen molar-refractivity contribution in [1.82, 2.24) is 0 Å². The van der Waals surface area contributed by atoms with Crippen LogP contribution in [0.3, 0.4) is 0 Å². The highest BCUT2D eigenvalue weighted by molar-refractivity contribution is 6.41. The third-order valence-electron chi connectivity index (χ3n) is 13.0. The number of hydrogen-bond acceptors (Lipinski definition) is 3. The normalized spacial score (nSPS) is 18.5. The van der Waals surface area contributed by atoms with Crippen LogP contribution in [-0.4, -0.2) is 11.6 Å². The molecular weight excluding hydrogens is 635 g/mol. The molecule has 0 spiro atoms. The van der Waals surface area contributed by atoms with E-state index in [0.29, 0.717) is 11.1 Å². The summed E-state index contributed by atoms with van der Waals surface area (Å²) < 4.78 is 0. The Balaban J connectivity index is 1.38. The van der Waals surface area contributed by atoms with E-state index < -0.39 is 0 Å². The third kappa shape index (κ3) is 4.08. The average molecular weight is 684 g/mol. The predicted molar refractivity (Wildman–Crippen MR) is 215 cm³/mol. The van der Waals surface area contributed by atoms with Gasteiger partial charge in [0.05, 0.1) is 22.6 Å². The highest BCUT2D eigenvalue weighted by atomic mass is 16.2. The van der Waals surface area contributed by atoms with Crippen LogP contribution in [0.1, 0.15) is 154 Å². The van der Waals surface area contributed by atoms with Gasteiger partial charge in [-0.3, -0.25) is 9.59 Å². The molecule has 3 aliphatic heterocycles. The van der Waals surface area contributed by atoms with E-state index in [1.54, 1.807) is 18.2 Å². The summed E-state index contributed by atoms with van der Waals surface area (Å²) in [5.41, 5.74) is 16.2. The molecule has 0 saturated carbocycles. The molecule has 0 amide bonds. The Labute approximate surface area is 308 Å². The van der Waals surface area contributed by atoms with Crippen LogP contribution < -0.4 is 4.90 Å². The molecule has 0 aromatic heterocycles. The third-order valence-corrected chi connectivity index (χ3v) is 13.0. The number of benzene rings is 5. The van der Waals surface area contributed by atoms with Gasteiger partial charge in [-0.1, -0.05) is 144 Å². The number of allylic oxidation sites excluding steroid dienone is 1. The van der Waals surface area contributed by atoms with Crippen molar-refractivity contribution in [2.24, 2.45) is 0 Å². The molecule has 5 aromatic rings. The quantitative estimate of drug-likeness (QED) is 0.130. The number of carbonyl (C=O) groups excluding carboxylic acids is 2. The Hall–Kier alpha value is -4.76. The molecule has 0 atom stereocenters.